The number of ether oxygens (including phenoxy) is 1. The summed E-state index contributed by atoms with van der Waals surface area (Å²) in [7, 11) is 1.24. The lowest BCUT2D eigenvalue weighted by Gasteiger charge is -2.31. The van der Waals surface area contributed by atoms with Crippen LogP contribution >= 0.6 is 11.8 Å². The van der Waals surface area contributed by atoms with Gasteiger partial charge in [-0.25, -0.2) is 0 Å². The van der Waals surface area contributed by atoms with Crippen LogP contribution in [0, 0.1) is 24.2 Å². The Morgan fingerprint density at radius 1 is 1.50 bits per heavy atom. The monoisotopic (exact) mass is 342 g/mol. The van der Waals surface area contributed by atoms with Gasteiger partial charge in [0.05, 0.1) is 23.8 Å². The van der Waals surface area contributed by atoms with Gasteiger partial charge in [-0.1, -0.05) is 30.3 Å². The predicted octanol–water partition coefficient (Wildman–Crippen LogP) is 2.65. The van der Waals surface area contributed by atoms with Gasteiger partial charge < -0.3 is 10.1 Å². The number of allylic oxidation sites excluding steroid dienone is 1. The number of carbonyl (C=O) groups is 2. The second kappa shape index (κ2) is 7.84. The zero-order chi connectivity index (χ0) is 17.7. The van der Waals surface area contributed by atoms with Crippen LogP contribution in [0.2, 0.25) is 0 Å². The highest BCUT2D eigenvalue weighted by atomic mass is 32.2. The minimum absolute atomic E-state index is 0.367. The van der Waals surface area contributed by atoms with Crippen molar-refractivity contribution in [3.8, 4) is 6.07 Å². The SMILES string of the molecule is C=CCSC1=C(C#N)C(c2ccccc2C)C(C(=O)OC)C(=O)N1. The highest BCUT2D eigenvalue weighted by molar-refractivity contribution is 8.03. The molecule has 0 saturated carbocycles. The molecule has 1 aromatic carbocycles. The van der Waals surface area contributed by atoms with Crippen LogP contribution in [-0.4, -0.2) is 24.7 Å². The third-order valence-corrected chi connectivity index (χ3v) is 4.87. The second-order valence-electron chi connectivity index (χ2n) is 5.28. The zero-order valence-corrected chi connectivity index (χ0v) is 14.4. The molecule has 1 aliphatic heterocycles. The van der Waals surface area contributed by atoms with Gasteiger partial charge in [-0.05, 0) is 18.1 Å². The number of nitrogens with zero attached hydrogens (tertiary/aromatic N) is 1. The normalized spacial score (nSPS) is 20.1. The van der Waals surface area contributed by atoms with E-state index >= 15 is 0 Å². The van der Waals surface area contributed by atoms with E-state index in [1.165, 1.54) is 18.9 Å². The number of nitriles is 1. The maximum Gasteiger partial charge on any atom is 0.319 e. The summed E-state index contributed by atoms with van der Waals surface area (Å²) in [6.07, 6.45) is 1.69. The number of hydrogen-bond acceptors (Lipinski definition) is 5. The molecule has 0 radical (unpaired) electrons. The van der Waals surface area contributed by atoms with E-state index in [-0.39, 0.29) is 0 Å². The van der Waals surface area contributed by atoms with E-state index < -0.39 is 23.7 Å². The maximum atomic E-state index is 12.5. The number of hydrogen-bond donors (Lipinski definition) is 1. The third kappa shape index (κ3) is 3.36. The molecule has 5 nitrogen and oxygen atoms in total. The molecule has 24 heavy (non-hydrogen) atoms. The zero-order valence-electron chi connectivity index (χ0n) is 13.5. The average Bonchev–Trinajstić information content (AvgIpc) is 2.59. The summed E-state index contributed by atoms with van der Waals surface area (Å²) < 4.78 is 4.81. The number of esters is 1. The third-order valence-electron chi connectivity index (χ3n) is 3.85. The first-order valence-corrected chi connectivity index (χ1v) is 8.35. The molecule has 6 heteroatoms. The van der Waals surface area contributed by atoms with Crippen LogP contribution in [0.3, 0.4) is 0 Å². The Labute approximate surface area is 145 Å². The summed E-state index contributed by atoms with van der Waals surface area (Å²) >= 11 is 1.31. The van der Waals surface area contributed by atoms with Gasteiger partial charge in [0, 0.05) is 11.7 Å². The number of rotatable bonds is 5. The molecule has 1 amide bonds. The Hall–Kier alpha value is -2.52. The molecule has 1 aromatic rings. The number of benzene rings is 1. The number of nitrogens with one attached hydrogen (secondary N) is 1. The number of methoxy groups -OCH3 is 1. The van der Waals surface area contributed by atoms with Crippen LogP contribution in [0.15, 0.2) is 47.5 Å². The number of carbonyl (C=O) groups excluding carboxylic acids is 2. The van der Waals surface area contributed by atoms with Crippen molar-refractivity contribution < 1.29 is 14.3 Å². The van der Waals surface area contributed by atoms with Crippen LogP contribution in [0.5, 0.6) is 0 Å². The van der Waals surface area contributed by atoms with E-state index in [1.54, 1.807) is 6.08 Å². The maximum absolute atomic E-state index is 12.5. The van der Waals surface area contributed by atoms with Crippen LogP contribution in [0.4, 0.5) is 0 Å². The van der Waals surface area contributed by atoms with Gasteiger partial charge in [0.2, 0.25) is 5.91 Å². The predicted molar refractivity (Wildman–Crippen MR) is 92.9 cm³/mol. The van der Waals surface area contributed by atoms with Crippen LogP contribution < -0.4 is 5.32 Å². The van der Waals surface area contributed by atoms with Gasteiger partial charge in [-0.3, -0.25) is 9.59 Å². The Morgan fingerprint density at radius 3 is 2.79 bits per heavy atom. The van der Waals surface area contributed by atoms with Crippen LogP contribution in [-0.2, 0) is 14.3 Å². The molecule has 1 heterocycles. The molecule has 0 aromatic heterocycles. The molecule has 0 spiro atoms. The van der Waals surface area contributed by atoms with E-state index in [0.29, 0.717) is 16.4 Å². The molecule has 124 valence electrons. The Morgan fingerprint density at radius 2 is 2.21 bits per heavy atom. The molecule has 0 aliphatic carbocycles. The quantitative estimate of drug-likeness (QED) is 0.505. The summed E-state index contributed by atoms with van der Waals surface area (Å²) in [5.74, 6) is -2.31. The molecule has 1 aliphatic rings. The van der Waals surface area contributed by atoms with Crippen molar-refractivity contribution in [3.63, 3.8) is 0 Å². The van der Waals surface area contributed by atoms with Crippen molar-refractivity contribution in [2.45, 2.75) is 12.8 Å². The summed E-state index contributed by atoms with van der Waals surface area (Å²) in [5, 5.41) is 12.8. The van der Waals surface area contributed by atoms with E-state index in [2.05, 4.69) is 18.0 Å². The lowest BCUT2D eigenvalue weighted by atomic mass is 9.77. The van der Waals surface area contributed by atoms with E-state index in [9.17, 15) is 14.9 Å². The first kappa shape index (κ1) is 17.8. The first-order chi connectivity index (χ1) is 11.5. The van der Waals surface area contributed by atoms with E-state index in [4.69, 9.17) is 4.74 Å². The summed E-state index contributed by atoms with van der Waals surface area (Å²) in [6.45, 7) is 5.54. The lowest BCUT2D eigenvalue weighted by molar-refractivity contribution is -0.150. The van der Waals surface area contributed by atoms with Gasteiger partial charge in [-0.2, -0.15) is 5.26 Å². The summed E-state index contributed by atoms with van der Waals surface area (Å²) in [5.41, 5.74) is 2.05. The Balaban J connectivity index is 2.65. The molecular formula is C18H18N2O3S. The van der Waals surface area contributed by atoms with Crippen LogP contribution in [0.1, 0.15) is 17.0 Å². The standard InChI is InChI=1S/C18H18N2O3S/c1-4-9-24-17-13(10-19)14(12-8-6-5-7-11(12)2)15(16(21)20-17)18(22)23-3/h4-8,14-15H,1,9H2,2-3H3,(H,20,21). The van der Waals surface area contributed by atoms with E-state index in [0.717, 1.165) is 11.1 Å². The molecule has 0 saturated heterocycles. The number of aryl methyl sites for hydroxylation is 1. The van der Waals surface area contributed by atoms with Crippen LogP contribution in [0.25, 0.3) is 0 Å². The smallest absolute Gasteiger partial charge is 0.319 e. The Bertz CT molecular complexity index is 749. The largest absolute Gasteiger partial charge is 0.468 e. The van der Waals surface area contributed by atoms with Gasteiger partial charge in [-0.15, -0.1) is 18.3 Å². The summed E-state index contributed by atoms with van der Waals surface area (Å²) in [4.78, 5) is 24.7. The average molecular weight is 342 g/mol. The minimum Gasteiger partial charge on any atom is -0.468 e. The molecular weight excluding hydrogens is 324 g/mol. The Kier molecular flexibility index (Phi) is 5.83. The fourth-order valence-electron chi connectivity index (χ4n) is 2.73. The first-order valence-electron chi connectivity index (χ1n) is 7.37. The van der Waals surface area contributed by atoms with Crippen molar-refractivity contribution in [1.82, 2.24) is 5.32 Å². The highest BCUT2D eigenvalue weighted by Crippen LogP contribution is 2.41. The molecule has 2 unspecified atom stereocenters. The highest BCUT2D eigenvalue weighted by Gasteiger charge is 2.44. The van der Waals surface area contributed by atoms with Crippen molar-refractivity contribution in [2.24, 2.45) is 5.92 Å². The summed E-state index contributed by atoms with van der Waals surface area (Å²) in [6, 6.07) is 9.60. The minimum atomic E-state index is -1.08. The van der Waals surface area contributed by atoms with Crippen molar-refractivity contribution in [3.05, 3.63) is 58.6 Å². The van der Waals surface area contributed by atoms with Crippen molar-refractivity contribution >= 4 is 23.6 Å². The lowest BCUT2D eigenvalue weighted by Crippen LogP contribution is -2.44. The fraction of sp³-hybridized carbons (Fsp3) is 0.278. The number of thioether (sulfide) groups is 1. The molecule has 2 atom stereocenters. The van der Waals surface area contributed by atoms with Gasteiger partial charge >= 0.3 is 5.97 Å². The topological polar surface area (TPSA) is 79.2 Å². The van der Waals surface area contributed by atoms with Gasteiger partial charge in [0.25, 0.3) is 0 Å². The second-order valence-corrected chi connectivity index (χ2v) is 6.31. The molecule has 0 fully saturated rings. The molecule has 1 N–H and O–H groups in total. The molecule has 0 bridgehead atoms. The van der Waals surface area contributed by atoms with Gasteiger partial charge in [0.15, 0.2) is 0 Å². The van der Waals surface area contributed by atoms with Crippen molar-refractivity contribution in [2.75, 3.05) is 12.9 Å². The number of amides is 1. The van der Waals surface area contributed by atoms with Crippen molar-refractivity contribution in [1.29, 1.82) is 5.26 Å². The van der Waals surface area contributed by atoms with E-state index in [1.807, 2.05) is 31.2 Å². The fourth-order valence-corrected chi connectivity index (χ4v) is 3.52. The molecule has 2 rings (SSSR count). The van der Waals surface area contributed by atoms with Gasteiger partial charge in [0.1, 0.15) is 5.92 Å².